The molecule has 0 bridgehead atoms. The molecule has 7 nitrogen and oxygen atoms in total. The Kier molecular flexibility index (Phi) is 4.27. The molecular weight excluding hydrogens is 352 g/mol. The first kappa shape index (κ1) is 16.9. The van der Waals surface area contributed by atoms with Gasteiger partial charge in [-0.3, -0.25) is 9.20 Å². The fourth-order valence-electron chi connectivity index (χ4n) is 4.06. The summed E-state index contributed by atoms with van der Waals surface area (Å²) in [5.41, 5.74) is 2.81. The molecule has 1 saturated heterocycles. The van der Waals surface area contributed by atoms with Crippen LogP contribution >= 0.6 is 0 Å². The Labute approximate surface area is 162 Å². The largest absolute Gasteiger partial charge is 0.342 e. The van der Waals surface area contributed by atoms with Crippen LogP contribution < -0.4 is 0 Å². The summed E-state index contributed by atoms with van der Waals surface area (Å²) in [6.45, 7) is 1.51. The molecule has 0 unspecified atom stereocenters. The molecule has 0 spiro atoms. The Balaban J connectivity index is 1.26. The smallest absolute Gasteiger partial charge is 0.223 e. The molecule has 1 fully saturated rings. The van der Waals surface area contributed by atoms with Gasteiger partial charge in [-0.2, -0.15) is 0 Å². The summed E-state index contributed by atoms with van der Waals surface area (Å²) in [7, 11) is 0. The third-order valence-corrected chi connectivity index (χ3v) is 5.49. The molecule has 1 N–H and O–H groups in total. The van der Waals surface area contributed by atoms with Crippen LogP contribution in [0.3, 0.4) is 0 Å². The van der Waals surface area contributed by atoms with Gasteiger partial charge in [0.05, 0.1) is 11.0 Å². The molecule has 1 amide bonds. The second-order valence-electron chi connectivity index (χ2n) is 7.37. The zero-order chi connectivity index (χ0) is 18.9. The molecule has 1 aliphatic rings. The van der Waals surface area contributed by atoms with Gasteiger partial charge in [0, 0.05) is 38.0 Å². The number of likely N-dealkylation sites (tertiary alicyclic amines) is 1. The maximum atomic E-state index is 12.8. The quantitative estimate of drug-likeness (QED) is 0.596. The zero-order valence-corrected chi connectivity index (χ0v) is 15.6. The summed E-state index contributed by atoms with van der Waals surface area (Å²) in [6.07, 6.45) is 5.11. The molecule has 1 aromatic carbocycles. The lowest BCUT2D eigenvalue weighted by Gasteiger charge is -2.32. The van der Waals surface area contributed by atoms with Crippen molar-refractivity contribution in [1.82, 2.24) is 29.5 Å². The van der Waals surface area contributed by atoms with Gasteiger partial charge in [-0.05, 0) is 37.1 Å². The summed E-state index contributed by atoms with van der Waals surface area (Å²) < 4.78 is 2.03. The number of aryl methyl sites for hydroxylation is 1. The van der Waals surface area contributed by atoms with E-state index < -0.39 is 0 Å². The molecular formula is C21H22N6O. The standard InChI is InChI=1S/C21H22N6O/c28-20(11-10-18-22-16-7-1-2-8-17(16)23-18)26-12-5-6-15(14-26)21-25-24-19-9-3-4-13-27(19)21/h1-4,7-9,13,15H,5-6,10-12,14H2,(H,22,23)/t15-/m1/s1. The average Bonchev–Trinajstić information content (AvgIpc) is 3.36. The number of benzene rings is 1. The van der Waals surface area contributed by atoms with Crippen LogP contribution in [-0.4, -0.2) is 48.5 Å². The van der Waals surface area contributed by atoms with Gasteiger partial charge in [-0.25, -0.2) is 4.98 Å². The highest BCUT2D eigenvalue weighted by atomic mass is 16.2. The second kappa shape index (κ2) is 7.07. The van der Waals surface area contributed by atoms with Crippen LogP contribution in [-0.2, 0) is 11.2 Å². The van der Waals surface area contributed by atoms with Gasteiger partial charge >= 0.3 is 0 Å². The third-order valence-electron chi connectivity index (χ3n) is 5.49. The lowest BCUT2D eigenvalue weighted by Crippen LogP contribution is -2.39. The molecule has 4 heterocycles. The molecule has 142 valence electrons. The first-order valence-electron chi connectivity index (χ1n) is 9.79. The number of fused-ring (bicyclic) bond motifs is 2. The molecule has 1 aliphatic heterocycles. The number of carbonyl (C=O) groups is 1. The maximum Gasteiger partial charge on any atom is 0.223 e. The van der Waals surface area contributed by atoms with Crippen molar-refractivity contribution in [3.05, 3.63) is 60.3 Å². The normalized spacial score (nSPS) is 17.4. The van der Waals surface area contributed by atoms with Crippen molar-refractivity contribution in [2.75, 3.05) is 13.1 Å². The van der Waals surface area contributed by atoms with Crippen LogP contribution in [0.2, 0.25) is 0 Å². The fourth-order valence-corrected chi connectivity index (χ4v) is 4.06. The van der Waals surface area contributed by atoms with Crippen molar-refractivity contribution in [2.24, 2.45) is 0 Å². The zero-order valence-electron chi connectivity index (χ0n) is 15.6. The SMILES string of the molecule is O=C(CCc1nc2ccccc2[nH]1)N1CCC[C@@H](c2nnc3ccccn23)C1. The summed E-state index contributed by atoms with van der Waals surface area (Å²) in [5.74, 6) is 2.22. The highest BCUT2D eigenvalue weighted by molar-refractivity contribution is 5.77. The molecule has 0 saturated carbocycles. The van der Waals surface area contributed by atoms with E-state index in [1.54, 1.807) is 0 Å². The topological polar surface area (TPSA) is 79.2 Å². The number of aromatic nitrogens is 5. The molecule has 3 aromatic heterocycles. The number of imidazole rings is 1. The lowest BCUT2D eigenvalue weighted by molar-refractivity contribution is -0.132. The van der Waals surface area contributed by atoms with Gasteiger partial charge in [0.1, 0.15) is 11.6 Å². The van der Waals surface area contributed by atoms with Crippen molar-refractivity contribution >= 4 is 22.6 Å². The highest BCUT2D eigenvalue weighted by Crippen LogP contribution is 2.26. The average molecular weight is 374 g/mol. The van der Waals surface area contributed by atoms with E-state index in [0.29, 0.717) is 19.4 Å². The van der Waals surface area contributed by atoms with E-state index in [2.05, 4.69) is 20.2 Å². The Morgan fingerprint density at radius 2 is 2.04 bits per heavy atom. The summed E-state index contributed by atoms with van der Waals surface area (Å²) in [6, 6.07) is 13.8. The van der Waals surface area contributed by atoms with Crippen molar-refractivity contribution in [3.63, 3.8) is 0 Å². The van der Waals surface area contributed by atoms with Gasteiger partial charge in [0.25, 0.3) is 0 Å². The predicted molar refractivity (Wildman–Crippen MR) is 106 cm³/mol. The number of pyridine rings is 1. The Bertz CT molecular complexity index is 1100. The first-order valence-corrected chi connectivity index (χ1v) is 9.79. The van der Waals surface area contributed by atoms with Gasteiger partial charge in [0.2, 0.25) is 5.91 Å². The first-order chi connectivity index (χ1) is 13.8. The summed E-state index contributed by atoms with van der Waals surface area (Å²) in [4.78, 5) is 22.7. The predicted octanol–water partition coefficient (Wildman–Crippen LogP) is 2.94. The molecule has 28 heavy (non-hydrogen) atoms. The number of rotatable bonds is 4. The third kappa shape index (κ3) is 3.13. The Hall–Kier alpha value is -3.22. The van der Waals surface area contributed by atoms with E-state index in [0.717, 1.165) is 47.7 Å². The van der Waals surface area contributed by atoms with Crippen LogP contribution in [0, 0.1) is 0 Å². The molecule has 1 atom stereocenters. The van der Waals surface area contributed by atoms with E-state index >= 15 is 0 Å². The Morgan fingerprint density at radius 1 is 1.14 bits per heavy atom. The van der Waals surface area contributed by atoms with E-state index in [1.807, 2.05) is 58.0 Å². The number of carbonyl (C=O) groups excluding carboxylic acids is 1. The number of amides is 1. The van der Waals surface area contributed by atoms with E-state index in [-0.39, 0.29) is 11.8 Å². The number of hydrogen-bond donors (Lipinski definition) is 1. The van der Waals surface area contributed by atoms with E-state index in [1.165, 1.54) is 0 Å². The van der Waals surface area contributed by atoms with Gasteiger partial charge < -0.3 is 9.88 Å². The molecule has 0 aliphatic carbocycles. The fraction of sp³-hybridized carbons (Fsp3) is 0.333. The minimum absolute atomic E-state index is 0.180. The van der Waals surface area contributed by atoms with E-state index in [9.17, 15) is 4.79 Å². The monoisotopic (exact) mass is 374 g/mol. The van der Waals surface area contributed by atoms with Gasteiger partial charge in [-0.1, -0.05) is 18.2 Å². The number of nitrogens with one attached hydrogen (secondary N) is 1. The van der Waals surface area contributed by atoms with Gasteiger partial charge in [-0.15, -0.1) is 10.2 Å². The van der Waals surface area contributed by atoms with E-state index in [4.69, 9.17) is 0 Å². The van der Waals surface area contributed by atoms with Crippen LogP contribution in [0.15, 0.2) is 48.7 Å². The molecule has 7 heteroatoms. The maximum absolute atomic E-state index is 12.8. The summed E-state index contributed by atoms with van der Waals surface area (Å²) in [5, 5.41) is 8.65. The number of H-pyrrole nitrogens is 1. The van der Waals surface area contributed by atoms with Gasteiger partial charge in [0.15, 0.2) is 5.65 Å². The summed E-state index contributed by atoms with van der Waals surface area (Å²) >= 11 is 0. The van der Waals surface area contributed by atoms with Crippen molar-refractivity contribution in [1.29, 1.82) is 0 Å². The van der Waals surface area contributed by atoms with Crippen molar-refractivity contribution in [2.45, 2.75) is 31.6 Å². The minimum Gasteiger partial charge on any atom is -0.342 e. The molecule has 0 radical (unpaired) electrons. The number of aromatic amines is 1. The number of para-hydroxylation sites is 2. The van der Waals surface area contributed by atoms with Crippen LogP contribution in [0.1, 0.15) is 36.8 Å². The second-order valence-corrected chi connectivity index (χ2v) is 7.37. The molecule has 4 aromatic rings. The number of hydrogen-bond acceptors (Lipinski definition) is 4. The van der Waals surface area contributed by atoms with Crippen molar-refractivity contribution < 1.29 is 4.79 Å². The molecule has 5 rings (SSSR count). The number of piperidine rings is 1. The Morgan fingerprint density at radius 3 is 2.96 bits per heavy atom. The minimum atomic E-state index is 0.180. The number of nitrogens with zero attached hydrogens (tertiary/aromatic N) is 5. The lowest BCUT2D eigenvalue weighted by atomic mass is 9.97. The van der Waals surface area contributed by atoms with Crippen LogP contribution in [0.4, 0.5) is 0 Å². The highest BCUT2D eigenvalue weighted by Gasteiger charge is 2.27. The van der Waals surface area contributed by atoms with Crippen LogP contribution in [0.25, 0.3) is 16.7 Å². The van der Waals surface area contributed by atoms with Crippen molar-refractivity contribution in [3.8, 4) is 0 Å². The van der Waals surface area contributed by atoms with Crippen LogP contribution in [0.5, 0.6) is 0 Å².